The third-order valence-electron chi connectivity index (χ3n) is 7.04. The lowest BCUT2D eigenvalue weighted by molar-refractivity contribution is -0.149. The molecule has 2 fully saturated rings. The molecule has 35 heavy (non-hydrogen) atoms. The van der Waals surface area contributed by atoms with E-state index in [1.54, 1.807) is 4.68 Å². The number of carbonyl (C=O) groups is 1. The maximum absolute atomic E-state index is 13.4. The van der Waals surface area contributed by atoms with Gasteiger partial charge in [-0.05, 0) is 73.5 Å². The molecule has 0 bridgehead atoms. The Kier molecular flexibility index (Phi) is 6.92. The fourth-order valence-corrected chi connectivity index (χ4v) is 5.22. The molecule has 10 nitrogen and oxygen atoms in total. The standard InChI is InChI=1S/C25H32N6O4/c1-3-34-25(33)17-8-10-30(11-9-17)22(23-27-28-29-31(23)15-19-5-4-12-35-19)20-14-18-13-16(2)6-7-21(18)26-24(20)32/h6-7,13-14,17,19,22H,3-5,8-12,15H2,1-2H3,(H,26,32)/t19-,22-/m1/s1. The quantitative estimate of drug-likeness (QED) is 0.513. The molecule has 2 atom stereocenters. The Morgan fingerprint density at radius 2 is 2.09 bits per heavy atom. The van der Waals surface area contributed by atoms with Crippen molar-refractivity contribution in [2.24, 2.45) is 5.92 Å². The lowest BCUT2D eigenvalue weighted by atomic mass is 9.93. The molecule has 4 heterocycles. The number of aromatic amines is 1. The molecule has 0 saturated carbocycles. The number of carbonyl (C=O) groups excluding carboxylic acids is 1. The number of likely N-dealkylation sites (tertiary alicyclic amines) is 1. The minimum absolute atomic E-state index is 0.0602. The van der Waals surface area contributed by atoms with Crippen LogP contribution in [0.1, 0.15) is 55.6 Å². The summed E-state index contributed by atoms with van der Waals surface area (Å²) < 4.78 is 12.8. The molecule has 186 valence electrons. The van der Waals surface area contributed by atoms with E-state index in [4.69, 9.17) is 9.47 Å². The van der Waals surface area contributed by atoms with Gasteiger partial charge in [0.15, 0.2) is 5.82 Å². The number of aryl methyl sites for hydroxylation is 1. The zero-order chi connectivity index (χ0) is 24.4. The summed E-state index contributed by atoms with van der Waals surface area (Å²) in [6.45, 7) is 6.79. The van der Waals surface area contributed by atoms with Crippen molar-refractivity contribution in [2.75, 3.05) is 26.3 Å². The molecule has 0 aliphatic carbocycles. The van der Waals surface area contributed by atoms with E-state index < -0.39 is 6.04 Å². The molecular weight excluding hydrogens is 448 g/mol. The first-order valence-corrected chi connectivity index (χ1v) is 12.5. The Morgan fingerprint density at radius 3 is 2.83 bits per heavy atom. The van der Waals surface area contributed by atoms with Crippen molar-refractivity contribution in [1.29, 1.82) is 0 Å². The van der Waals surface area contributed by atoms with Crippen LogP contribution in [0, 0.1) is 12.8 Å². The number of esters is 1. The SMILES string of the molecule is CCOC(=O)C1CCN([C@H](c2cc3cc(C)ccc3[nH]c2=O)c2nnnn2C[C@H]2CCCO2)CC1. The summed E-state index contributed by atoms with van der Waals surface area (Å²) in [5.41, 5.74) is 2.35. The normalized spacial score (nSPS) is 20.3. The molecule has 0 amide bonds. The molecule has 3 aromatic rings. The van der Waals surface area contributed by atoms with E-state index in [2.05, 4.69) is 31.5 Å². The summed E-state index contributed by atoms with van der Waals surface area (Å²) in [4.78, 5) is 30.9. The molecule has 1 N–H and O–H groups in total. The lowest BCUT2D eigenvalue weighted by Gasteiger charge is -2.36. The van der Waals surface area contributed by atoms with Gasteiger partial charge in [-0.1, -0.05) is 11.6 Å². The van der Waals surface area contributed by atoms with E-state index >= 15 is 0 Å². The van der Waals surface area contributed by atoms with Crippen molar-refractivity contribution in [3.8, 4) is 0 Å². The smallest absolute Gasteiger partial charge is 0.309 e. The maximum atomic E-state index is 13.4. The molecule has 1 aromatic carbocycles. The second kappa shape index (κ2) is 10.2. The van der Waals surface area contributed by atoms with E-state index in [1.165, 1.54) is 0 Å². The number of aromatic nitrogens is 5. The number of tetrazole rings is 1. The molecule has 2 saturated heterocycles. The minimum Gasteiger partial charge on any atom is -0.466 e. The second-order valence-corrected chi connectivity index (χ2v) is 9.46. The number of fused-ring (bicyclic) bond motifs is 1. The number of pyridine rings is 1. The van der Waals surface area contributed by atoms with Crippen LogP contribution < -0.4 is 5.56 Å². The summed E-state index contributed by atoms with van der Waals surface area (Å²) in [6.07, 6.45) is 3.37. The molecule has 0 spiro atoms. The van der Waals surface area contributed by atoms with Crippen LogP contribution in [-0.4, -0.2) is 68.5 Å². The van der Waals surface area contributed by atoms with E-state index in [0.29, 0.717) is 50.5 Å². The van der Waals surface area contributed by atoms with Crippen LogP contribution >= 0.6 is 0 Å². The van der Waals surface area contributed by atoms with E-state index in [0.717, 1.165) is 35.9 Å². The summed E-state index contributed by atoms with van der Waals surface area (Å²) in [6, 6.07) is 7.49. The Hall–Kier alpha value is -3.11. The fourth-order valence-electron chi connectivity index (χ4n) is 5.22. The topological polar surface area (TPSA) is 115 Å². The number of H-pyrrole nitrogens is 1. The van der Waals surface area contributed by atoms with Crippen LogP contribution in [0.5, 0.6) is 0 Å². The third kappa shape index (κ3) is 4.99. The number of rotatable bonds is 7. The van der Waals surface area contributed by atoms with E-state index in [-0.39, 0.29) is 23.6 Å². The van der Waals surface area contributed by atoms with E-state index in [9.17, 15) is 9.59 Å². The Labute approximate surface area is 203 Å². The van der Waals surface area contributed by atoms with Gasteiger partial charge in [0.2, 0.25) is 0 Å². The second-order valence-electron chi connectivity index (χ2n) is 9.46. The van der Waals surface area contributed by atoms with Crippen LogP contribution in [0.2, 0.25) is 0 Å². The van der Waals surface area contributed by atoms with Crippen LogP contribution in [0.4, 0.5) is 0 Å². The molecular formula is C25H32N6O4. The number of nitrogens with one attached hydrogen (secondary N) is 1. The van der Waals surface area contributed by atoms with Crippen molar-refractivity contribution in [1.82, 2.24) is 30.1 Å². The predicted octanol–water partition coefficient (Wildman–Crippen LogP) is 2.37. The van der Waals surface area contributed by atoms with Crippen molar-refractivity contribution in [3.05, 3.63) is 51.6 Å². The molecule has 0 unspecified atom stereocenters. The van der Waals surface area contributed by atoms with Crippen molar-refractivity contribution >= 4 is 16.9 Å². The van der Waals surface area contributed by atoms with Crippen molar-refractivity contribution in [2.45, 2.75) is 58.2 Å². The monoisotopic (exact) mass is 480 g/mol. The first kappa shape index (κ1) is 23.6. The number of piperidine rings is 1. The highest BCUT2D eigenvalue weighted by atomic mass is 16.5. The first-order valence-electron chi connectivity index (χ1n) is 12.5. The van der Waals surface area contributed by atoms with Crippen LogP contribution in [-0.2, 0) is 20.8 Å². The number of ether oxygens (including phenoxy) is 2. The van der Waals surface area contributed by atoms with E-state index in [1.807, 2.05) is 32.0 Å². The summed E-state index contributed by atoms with van der Waals surface area (Å²) in [5.74, 6) is 0.339. The Bertz CT molecular complexity index is 1240. The average Bonchev–Trinajstić information content (AvgIpc) is 3.53. The molecule has 2 aromatic heterocycles. The van der Waals surface area contributed by atoms with Gasteiger partial charge >= 0.3 is 5.97 Å². The van der Waals surface area contributed by atoms with Gasteiger partial charge in [0, 0.05) is 30.8 Å². The Balaban J connectivity index is 1.52. The van der Waals surface area contributed by atoms with Gasteiger partial charge in [0.1, 0.15) is 6.04 Å². The van der Waals surface area contributed by atoms with Gasteiger partial charge in [-0.15, -0.1) is 5.10 Å². The largest absolute Gasteiger partial charge is 0.466 e. The number of hydrogen-bond acceptors (Lipinski definition) is 8. The van der Waals surface area contributed by atoms with Gasteiger partial charge in [-0.3, -0.25) is 14.5 Å². The van der Waals surface area contributed by atoms with Crippen LogP contribution in [0.3, 0.4) is 0 Å². The first-order chi connectivity index (χ1) is 17.0. The highest BCUT2D eigenvalue weighted by molar-refractivity contribution is 5.79. The zero-order valence-electron chi connectivity index (χ0n) is 20.3. The number of nitrogens with zero attached hydrogens (tertiary/aromatic N) is 5. The molecule has 2 aliphatic rings. The van der Waals surface area contributed by atoms with Gasteiger partial charge < -0.3 is 14.5 Å². The van der Waals surface area contributed by atoms with Crippen molar-refractivity contribution in [3.63, 3.8) is 0 Å². The fraction of sp³-hybridized carbons (Fsp3) is 0.560. The lowest BCUT2D eigenvalue weighted by Crippen LogP contribution is -2.42. The summed E-state index contributed by atoms with van der Waals surface area (Å²) >= 11 is 0. The highest BCUT2D eigenvalue weighted by Crippen LogP contribution is 2.32. The van der Waals surface area contributed by atoms with Gasteiger partial charge in [0.25, 0.3) is 5.56 Å². The van der Waals surface area contributed by atoms with Gasteiger partial charge in [0.05, 0.1) is 25.2 Å². The maximum Gasteiger partial charge on any atom is 0.309 e. The van der Waals surface area contributed by atoms with Crippen LogP contribution in [0.25, 0.3) is 10.9 Å². The number of benzene rings is 1. The molecule has 10 heteroatoms. The minimum atomic E-state index is -0.441. The third-order valence-corrected chi connectivity index (χ3v) is 7.04. The predicted molar refractivity (Wildman–Crippen MR) is 129 cm³/mol. The average molecular weight is 481 g/mol. The molecule has 0 radical (unpaired) electrons. The Morgan fingerprint density at radius 1 is 1.26 bits per heavy atom. The van der Waals surface area contributed by atoms with Gasteiger partial charge in [-0.25, -0.2) is 4.68 Å². The summed E-state index contributed by atoms with van der Waals surface area (Å²) in [5, 5.41) is 13.6. The van der Waals surface area contributed by atoms with Crippen molar-refractivity contribution < 1.29 is 14.3 Å². The molecule has 5 rings (SSSR count). The van der Waals surface area contributed by atoms with Crippen LogP contribution in [0.15, 0.2) is 29.1 Å². The number of hydrogen-bond donors (Lipinski definition) is 1. The summed E-state index contributed by atoms with van der Waals surface area (Å²) in [7, 11) is 0. The zero-order valence-corrected chi connectivity index (χ0v) is 20.3. The highest BCUT2D eigenvalue weighted by Gasteiger charge is 2.35. The van der Waals surface area contributed by atoms with Gasteiger partial charge in [-0.2, -0.15) is 0 Å². The molecule has 2 aliphatic heterocycles.